The number of hydrogen-bond acceptors (Lipinski definition) is 8. The third kappa shape index (κ3) is 3.64. The number of nitrogens with zero attached hydrogens (tertiary/aromatic N) is 5. The van der Waals surface area contributed by atoms with E-state index < -0.39 is 28.6 Å². The van der Waals surface area contributed by atoms with E-state index in [0.29, 0.717) is 52.6 Å². The van der Waals surface area contributed by atoms with Crippen molar-refractivity contribution in [2.75, 3.05) is 49.9 Å². The van der Waals surface area contributed by atoms with Crippen LogP contribution in [0.2, 0.25) is 0 Å². The highest BCUT2D eigenvalue weighted by Crippen LogP contribution is 2.52. The minimum Gasteiger partial charge on any atom is -0.477 e. The normalized spacial score (nSPS) is 19.2. The van der Waals surface area contributed by atoms with Gasteiger partial charge in [0.25, 0.3) is 0 Å². The highest BCUT2D eigenvalue weighted by atomic mass is 19.2. The zero-order chi connectivity index (χ0) is 29.4. The highest BCUT2D eigenvalue weighted by Gasteiger charge is 2.44. The van der Waals surface area contributed by atoms with E-state index in [2.05, 4.69) is 32.6 Å². The molecule has 0 amide bonds. The van der Waals surface area contributed by atoms with Crippen LogP contribution in [0.1, 0.15) is 34.5 Å². The Balaban J connectivity index is 1.52. The molecule has 216 valence electrons. The van der Waals surface area contributed by atoms with Crippen LogP contribution in [-0.2, 0) is 6.42 Å². The predicted molar refractivity (Wildman–Crippen MR) is 156 cm³/mol. The highest BCUT2D eigenvalue weighted by molar-refractivity contribution is 5.99. The quantitative estimate of drug-likeness (QED) is 0.291. The van der Waals surface area contributed by atoms with Crippen molar-refractivity contribution in [2.24, 2.45) is 0 Å². The van der Waals surface area contributed by atoms with Crippen LogP contribution >= 0.6 is 0 Å². The smallest absolute Gasteiger partial charge is 0.341 e. The largest absolute Gasteiger partial charge is 0.477 e. The molecule has 2 fully saturated rings. The topological polar surface area (TPSA) is 116 Å². The second-order valence-corrected chi connectivity index (χ2v) is 11.1. The number of pyridine rings is 3. The van der Waals surface area contributed by atoms with Crippen LogP contribution in [-0.4, -0.2) is 76.9 Å². The lowest BCUT2D eigenvalue weighted by atomic mass is 9.96. The third-order valence-electron chi connectivity index (χ3n) is 9.09. The fraction of sp³-hybridized carbons (Fsp3) is 0.333. The van der Waals surface area contributed by atoms with E-state index >= 15 is 4.39 Å². The number of likely N-dealkylation sites (N-methyl/N-ethyl adjacent to an activating group) is 1. The van der Waals surface area contributed by atoms with Crippen molar-refractivity contribution in [1.29, 1.82) is 0 Å². The van der Waals surface area contributed by atoms with Gasteiger partial charge >= 0.3 is 5.97 Å². The molecule has 2 atom stereocenters. The first-order valence-electron chi connectivity index (χ1n) is 13.9. The summed E-state index contributed by atoms with van der Waals surface area (Å²) in [5.41, 5.74) is 6.51. The number of carbonyl (C=O) groups is 1. The lowest BCUT2D eigenvalue weighted by Crippen LogP contribution is -2.35. The lowest BCUT2D eigenvalue weighted by molar-refractivity contribution is 0.0695. The van der Waals surface area contributed by atoms with E-state index in [-0.39, 0.29) is 22.6 Å². The number of anilines is 2. The van der Waals surface area contributed by atoms with E-state index in [4.69, 9.17) is 4.98 Å². The van der Waals surface area contributed by atoms with Crippen LogP contribution in [0, 0.1) is 11.6 Å². The van der Waals surface area contributed by atoms with Gasteiger partial charge in [0.05, 0.1) is 16.8 Å². The Labute approximate surface area is 239 Å². The molecular formula is C30H29F2N7O3. The van der Waals surface area contributed by atoms with Crippen molar-refractivity contribution < 1.29 is 18.7 Å². The number of halogens is 2. The molecule has 3 aliphatic rings. The Hall–Kier alpha value is -4.58. The molecule has 12 heteroatoms. The molecule has 3 aromatic heterocycles. The predicted octanol–water partition coefficient (Wildman–Crippen LogP) is 3.50. The number of aromatic carboxylic acids is 1. The summed E-state index contributed by atoms with van der Waals surface area (Å²) in [5, 5.41) is 12.8. The summed E-state index contributed by atoms with van der Waals surface area (Å²) < 4.78 is 32.1. The number of benzene rings is 1. The van der Waals surface area contributed by atoms with Gasteiger partial charge in [-0.05, 0) is 31.5 Å². The van der Waals surface area contributed by atoms with E-state index in [1.165, 1.54) is 16.9 Å². The van der Waals surface area contributed by atoms with E-state index in [1.54, 1.807) is 32.6 Å². The van der Waals surface area contributed by atoms with Crippen LogP contribution in [0.15, 0.2) is 35.5 Å². The Bertz CT molecular complexity index is 1870. The monoisotopic (exact) mass is 573 g/mol. The number of carboxylic acids is 1. The Morgan fingerprint density at radius 3 is 2.60 bits per heavy atom. The lowest BCUT2D eigenvalue weighted by Gasteiger charge is -2.31. The molecule has 5 heterocycles. The van der Waals surface area contributed by atoms with Crippen LogP contribution in [0.3, 0.4) is 0 Å². The maximum absolute atomic E-state index is 15.7. The van der Waals surface area contributed by atoms with Crippen molar-refractivity contribution in [3.05, 3.63) is 69.4 Å². The summed E-state index contributed by atoms with van der Waals surface area (Å²) in [6.45, 7) is 1.64. The summed E-state index contributed by atoms with van der Waals surface area (Å²) in [7, 11) is 5.38. The first kappa shape index (κ1) is 26.3. The fourth-order valence-corrected chi connectivity index (χ4v) is 7.10. The molecule has 1 aliphatic carbocycles. The number of aromatic nitrogens is 3. The van der Waals surface area contributed by atoms with Crippen molar-refractivity contribution in [3.63, 3.8) is 0 Å². The Morgan fingerprint density at radius 2 is 1.86 bits per heavy atom. The Kier molecular flexibility index (Phi) is 5.94. The van der Waals surface area contributed by atoms with Gasteiger partial charge in [-0.2, -0.15) is 0 Å². The summed E-state index contributed by atoms with van der Waals surface area (Å²) in [5.74, 6) is -3.20. The maximum atomic E-state index is 15.7. The number of likely N-dealkylation sites (tertiary alicyclic amines) is 1. The van der Waals surface area contributed by atoms with Crippen LogP contribution in [0.5, 0.6) is 0 Å². The molecule has 4 aromatic rings. The molecule has 7 rings (SSSR count). The molecule has 10 nitrogen and oxygen atoms in total. The number of nitrogens with one attached hydrogen (secondary N) is 2. The number of rotatable bonds is 5. The standard InChI is InChI=1S/C30H29F2N7O3/c1-33-20-10-19(31)26(32)24-15(20)9-21-25(24)27(38-7-5-22-23(38)4-6-37(22)3)17(12-35-21)14-8-16-28(40)18(30(41)42)13-39(34-2)29(16)36-11-14/h8,10-13,22-23,33-34H,4-7,9H2,1-3H3,(H,41,42)/t22-,23?/m1/s1. The number of carboxylic acid groups (broad SMARTS) is 1. The van der Waals surface area contributed by atoms with E-state index in [9.17, 15) is 19.1 Å². The van der Waals surface area contributed by atoms with E-state index in [0.717, 1.165) is 25.1 Å². The second-order valence-electron chi connectivity index (χ2n) is 11.1. The molecular weight excluding hydrogens is 544 g/mol. The van der Waals surface area contributed by atoms with Crippen molar-refractivity contribution in [1.82, 2.24) is 19.5 Å². The van der Waals surface area contributed by atoms with Crippen molar-refractivity contribution in [3.8, 4) is 22.3 Å². The summed E-state index contributed by atoms with van der Waals surface area (Å²) in [4.78, 5) is 39.0. The van der Waals surface area contributed by atoms with E-state index in [1.807, 2.05) is 0 Å². The molecule has 42 heavy (non-hydrogen) atoms. The molecule has 0 bridgehead atoms. The van der Waals surface area contributed by atoms with Crippen molar-refractivity contribution >= 4 is 28.4 Å². The zero-order valence-electron chi connectivity index (χ0n) is 23.3. The Morgan fingerprint density at radius 1 is 1.07 bits per heavy atom. The average molecular weight is 574 g/mol. The number of hydrogen-bond donors (Lipinski definition) is 3. The van der Waals surface area contributed by atoms with Gasteiger partial charge in [-0.3, -0.25) is 9.78 Å². The van der Waals surface area contributed by atoms with Gasteiger partial charge in [0.15, 0.2) is 17.3 Å². The van der Waals surface area contributed by atoms with Crippen LogP contribution < -0.4 is 21.1 Å². The number of fused-ring (bicyclic) bond motifs is 5. The van der Waals surface area contributed by atoms with Gasteiger partial charge in [0.1, 0.15) is 5.56 Å². The minimum atomic E-state index is -1.35. The summed E-state index contributed by atoms with van der Waals surface area (Å²) >= 11 is 0. The van der Waals surface area contributed by atoms with Gasteiger partial charge < -0.3 is 25.6 Å². The van der Waals surface area contributed by atoms with Gasteiger partial charge in [0, 0.05) is 98.3 Å². The molecule has 1 unspecified atom stereocenters. The van der Waals surface area contributed by atoms with Crippen LogP contribution in [0.25, 0.3) is 33.3 Å². The van der Waals surface area contributed by atoms with Gasteiger partial charge in [-0.1, -0.05) is 0 Å². The van der Waals surface area contributed by atoms with Gasteiger partial charge in [-0.15, -0.1) is 0 Å². The molecule has 2 aliphatic heterocycles. The molecule has 1 aromatic carbocycles. The summed E-state index contributed by atoms with van der Waals surface area (Å²) in [6.07, 6.45) is 6.70. The zero-order valence-corrected chi connectivity index (χ0v) is 23.3. The fourth-order valence-electron chi connectivity index (χ4n) is 7.10. The first-order valence-corrected chi connectivity index (χ1v) is 13.9. The molecule has 0 radical (unpaired) electrons. The minimum absolute atomic E-state index is 0.114. The summed E-state index contributed by atoms with van der Waals surface area (Å²) in [6, 6.07) is 3.28. The third-order valence-corrected chi connectivity index (χ3v) is 9.09. The first-order chi connectivity index (χ1) is 20.2. The molecule has 2 saturated heterocycles. The average Bonchev–Trinajstić information content (AvgIpc) is 3.69. The molecule has 0 saturated carbocycles. The van der Waals surface area contributed by atoms with Crippen molar-refractivity contribution in [2.45, 2.75) is 31.3 Å². The van der Waals surface area contributed by atoms with Gasteiger partial charge in [-0.25, -0.2) is 23.2 Å². The molecule has 3 N–H and O–H groups in total. The molecule has 0 spiro atoms. The van der Waals surface area contributed by atoms with Crippen LogP contribution in [0.4, 0.5) is 20.2 Å². The maximum Gasteiger partial charge on any atom is 0.341 e. The SMILES string of the molecule is CNc1cc(F)c(F)c2c1Cc1ncc(-c3cnc4c(c3)c(=O)c(C(=O)O)cn4NC)c(N3CC[C@@H]4C3CCN4C)c1-2. The van der Waals surface area contributed by atoms with Gasteiger partial charge in [0.2, 0.25) is 5.43 Å². The second kappa shape index (κ2) is 9.48.